The number of allylic oxidation sites excluding steroid dienone is 3. The molecule has 0 bridgehead atoms. The van der Waals surface area contributed by atoms with Gasteiger partial charge in [-0.3, -0.25) is 0 Å². The van der Waals surface area contributed by atoms with Crippen LogP contribution in [-0.2, 0) is 9.78 Å². The SMILES string of the molecule is CC[C@@H](/C=C/[C@@H](C)[C@H]1CC[C@H]2[C@@H]3CC=C4C[C@H](O)CC5(OO5)[C@]4(C)[C@H]3CC[C@]12C)C(C)C. The Hall–Kier alpha value is -0.640. The van der Waals surface area contributed by atoms with Crippen molar-refractivity contribution in [2.45, 2.75) is 105 Å². The van der Waals surface area contributed by atoms with Crippen LogP contribution in [0, 0.1) is 52.3 Å². The van der Waals surface area contributed by atoms with Crippen LogP contribution in [0.5, 0.6) is 0 Å². The summed E-state index contributed by atoms with van der Waals surface area (Å²) >= 11 is 0. The van der Waals surface area contributed by atoms with Gasteiger partial charge in [0.1, 0.15) is 0 Å². The second kappa shape index (κ2) is 7.95. The lowest BCUT2D eigenvalue weighted by molar-refractivity contribution is -0.0903. The van der Waals surface area contributed by atoms with Crippen LogP contribution in [0.2, 0.25) is 0 Å². The van der Waals surface area contributed by atoms with Crippen molar-refractivity contribution in [3.63, 3.8) is 0 Å². The van der Waals surface area contributed by atoms with Gasteiger partial charge in [0.15, 0.2) is 0 Å². The van der Waals surface area contributed by atoms with E-state index in [4.69, 9.17) is 9.78 Å². The molecule has 0 aromatic carbocycles. The van der Waals surface area contributed by atoms with Crippen LogP contribution >= 0.6 is 0 Å². The molecule has 32 heavy (non-hydrogen) atoms. The topological polar surface area (TPSA) is 45.3 Å². The third-order valence-electron chi connectivity index (χ3n) is 11.2. The van der Waals surface area contributed by atoms with Crippen LogP contribution in [-0.4, -0.2) is 17.0 Å². The summed E-state index contributed by atoms with van der Waals surface area (Å²) in [6, 6.07) is 0. The minimum atomic E-state index is -0.562. The zero-order valence-electron chi connectivity index (χ0n) is 21.3. The Morgan fingerprint density at radius 3 is 2.50 bits per heavy atom. The first-order chi connectivity index (χ1) is 15.2. The number of rotatable bonds is 5. The zero-order chi connectivity index (χ0) is 22.9. The van der Waals surface area contributed by atoms with Gasteiger partial charge >= 0.3 is 0 Å². The largest absolute Gasteiger partial charge is 0.393 e. The molecule has 0 unspecified atom stereocenters. The monoisotopic (exact) mass is 442 g/mol. The van der Waals surface area contributed by atoms with Crippen LogP contribution in [0.4, 0.5) is 0 Å². The number of hydrogen-bond donors (Lipinski definition) is 1. The Bertz CT molecular complexity index is 779. The van der Waals surface area contributed by atoms with E-state index in [0.29, 0.717) is 29.6 Å². The van der Waals surface area contributed by atoms with Gasteiger partial charge in [-0.25, -0.2) is 0 Å². The standard InChI is InChI=1S/C29H46O3/c1-7-20(18(2)3)9-8-19(4)24-12-13-25-23-11-10-21-16-22(30)17-29(31-32-29)28(21,6)26(23)14-15-27(24,25)5/h8-10,18-20,22-26,30H,7,11-17H2,1-6H3/b9-8+/t19-,20+,22+,23+,24-,25+,26+,27-,28+/m1/s1. The molecule has 3 heteroatoms. The van der Waals surface area contributed by atoms with Crippen molar-refractivity contribution >= 4 is 0 Å². The Morgan fingerprint density at radius 2 is 1.84 bits per heavy atom. The van der Waals surface area contributed by atoms with Crippen molar-refractivity contribution in [1.82, 2.24) is 0 Å². The fraction of sp³-hybridized carbons (Fsp3) is 0.862. The molecule has 3 saturated carbocycles. The maximum Gasteiger partial charge on any atom is 0.245 e. The summed E-state index contributed by atoms with van der Waals surface area (Å²) in [5.41, 5.74) is 1.79. The van der Waals surface area contributed by atoms with Crippen molar-refractivity contribution in [2.75, 3.05) is 0 Å². The number of aliphatic hydroxyl groups is 1. The molecule has 1 N–H and O–H groups in total. The lowest BCUT2D eigenvalue weighted by Crippen LogP contribution is -2.57. The van der Waals surface area contributed by atoms with Gasteiger partial charge in [0.2, 0.25) is 5.79 Å². The Morgan fingerprint density at radius 1 is 1.09 bits per heavy atom. The van der Waals surface area contributed by atoms with Crippen molar-refractivity contribution in [1.29, 1.82) is 0 Å². The molecule has 0 amide bonds. The maximum absolute atomic E-state index is 10.5. The Balaban J connectivity index is 1.38. The molecule has 1 spiro atoms. The zero-order valence-corrected chi connectivity index (χ0v) is 21.3. The summed E-state index contributed by atoms with van der Waals surface area (Å²) in [6.07, 6.45) is 16.4. The van der Waals surface area contributed by atoms with Gasteiger partial charge in [0.05, 0.1) is 11.5 Å². The van der Waals surface area contributed by atoms with E-state index in [9.17, 15) is 5.11 Å². The van der Waals surface area contributed by atoms with Crippen molar-refractivity contribution < 1.29 is 14.9 Å². The van der Waals surface area contributed by atoms with E-state index in [1.165, 1.54) is 44.1 Å². The highest BCUT2D eigenvalue weighted by molar-refractivity contribution is 5.31. The van der Waals surface area contributed by atoms with Crippen LogP contribution < -0.4 is 0 Å². The summed E-state index contributed by atoms with van der Waals surface area (Å²) in [7, 11) is 0. The van der Waals surface area contributed by atoms with E-state index >= 15 is 0 Å². The third-order valence-corrected chi connectivity index (χ3v) is 11.2. The Labute approximate surface area is 195 Å². The lowest BCUT2D eigenvalue weighted by Gasteiger charge is -2.58. The second-order valence-electron chi connectivity index (χ2n) is 12.8. The van der Waals surface area contributed by atoms with Gasteiger partial charge in [-0.2, -0.15) is 9.78 Å². The highest BCUT2D eigenvalue weighted by Gasteiger charge is 2.72. The molecule has 4 fully saturated rings. The minimum Gasteiger partial charge on any atom is -0.393 e. The second-order valence-corrected chi connectivity index (χ2v) is 12.8. The molecule has 0 aromatic rings. The van der Waals surface area contributed by atoms with Crippen LogP contribution in [0.25, 0.3) is 0 Å². The summed E-state index contributed by atoms with van der Waals surface area (Å²) in [5.74, 6) is 4.46. The average molecular weight is 443 g/mol. The van der Waals surface area contributed by atoms with Crippen LogP contribution in [0.3, 0.4) is 0 Å². The van der Waals surface area contributed by atoms with Gasteiger partial charge < -0.3 is 5.11 Å². The normalized spacial score (nSPS) is 46.5. The molecule has 0 aromatic heterocycles. The highest BCUT2D eigenvalue weighted by atomic mass is 17.4. The number of aliphatic hydroxyl groups excluding tert-OH is 1. The van der Waals surface area contributed by atoms with Gasteiger partial charge in [0.25, 0.3) is 0 Å². The van der Waals surface area contributed by atoms with E-state index in [1.54, 1.807) is 0 Å². The molecule has 1 heterocycles. The molecule has 180 valence electrons. The van der Waals surface area contributed by atoms with Gasteiger partial charge in [-0.1, -0.05) is 65.3 Å². The molecular weight excluding hydrogens is 396 g/mol. The quantitative estimate of drug-likeness (QED) is 0.281. The average Bonchev–Trinajstić information content (AvgIpc) is 3.42. The van der Waals surface area contributed by atoms with Crippen molar-refractivity contribution in [2.24, 2.45) is 52.3 Å². The minimum absolute atomic E-state index is 0.0638. The maximum atomic E-state index is 10.5. The lowest BCUT2D eigenvalue weighted by atomic mass is 9.46. The molecule has 9 atom stereocenters. The molecular formula is C29H46O3. The number of fused-ring (bicyclic) bond motifs is 6. The van der Waals surface area contributed by atoms with Crippen molar-refractivity contribution in [3.8, 4) is 0 Å². The van der Waals surface area contributed by atoms with E-state index < -0.39 is 5.79 Å². The van der Waals surface area contributed by atoms with Gasteiger partial charge in [0, 0.05) is 6.42 Å². The summed E-state index contributed by atoms with van der Waals surface area (Å²) in [6.45, 7) is 14.5. The fourth-order valence-corrected chi connectivity index (χ4v) is 9.21. The van der Waals surface area contributed by atoms with Gasteiger partial charge in [-0.05, 0) is 91.8 Å². The predicted molar refractivity (Wildman–Crippen MR) is 128 cm³/mol. The molecule has 4 aliphatic carbocycles. The van der Waals surface area contributed by atoms with E-state index in [-0.39, 0.29) is 11.5 Å². The number of hydrogen-bond acceptors (Lipinski definition) is 3. The van der Waals surface area contributed by atoms with E-state index in [2.05, 4.69) is 59.8 Å². The fourth-order valence-electron chi connectivity index (χ4n) is 9.21. The molecule has 5 rings (SSSR count). The van der Waals surface area contributed by atoms with Crippen molar-refractivity contribution in [3.05, 3.63) is 23.8 Å². The first-order valence-corrected chi connectivity index (χ1v) is 13.6. The smallest absolute Gasteiger partial charge is 0.245 e. The highest BCUT2D eigenvalue weighted by Crippen LogP contribution is 2.71. The van der Waals surface area contributed by atoms with E-state index in [1.807, 2.05) is 0 Å². The predicted octanol–water partition coefficient (Wildman–Crippen LogP) is 7.07. The molecule has 1 saturated heterocycles. The Kier molecular flexibility index (Phi) is 5.75. The summed E-state index contributed by atoms with van der Waals surface area (Å²) in [5, 5.41) is 10.5. The molecule has 0 radical (unpaired) electrons. The molecule has 1 aliphatic heterocycles. The molecule has 3 nitrogen and oxygen atoms in total. The van der Waals surface area contributed by atoms with Crippen LogP contribution in [0.15, 0.2) is 23.8 Å². The van der Waals surface area contributed by atoms with Gasteiger partial charge in [-0.15, -0.1) is 0 Å². The summed E-state index contributed by atoms with van der Waals surface area (Å²) in [4.78, 5) is 11.4. The first kappa shape index (κ1) is 23.1. The molecule has 5 aliphatic rings. The first-order valence-electron chi connectivity index (χ1n) is 13.6. The van der Waals surface area contributed by atoms with E-state index in [0.717, 1.165) is 30.1 Å². The summed E-state index contributed by atoms with van der Waals surface area (Å²) < 4.78 is 0. The van der Waals surface area contributed by atoms with Crippen LogP contribution in [0.1, 0.15) is 92.9 Å². The third kappa shape index (κ3) is 3.24.